The van der Waals surface area contributed by atoms with Crippen molar-refractivity contribution in [2.24, 2.45) is 5.92 Å². The van der Waals surface area contributed by atoms with Crippen molar-refractivity contribution in [3.8, 4) is 0 Å². The maximum Gasteiger partial charge on any atom is 0.269 e. The van der Waals surface area contributed by atoms with Crippen LogP contribution in [0.1, 0.15) is 18.4 Å². The maximum atomic E-state index is 12.5. The Morgan fingerprint density at radius 3 is 3.10 bits per heavy atom. The zero-order chi connectivity index (χ0) is 14.8. The van der Waals surface area contributed by atoms with Crippen LogP contribution in [0.15, 0.2) is 24.3 Å². The lowest BCUT2D eigenvalue weighted by Gasteiger charge is -2.37. The molecule has 0 radical (unpaired) electrons. The molecule has 1 amide bonds. The maximum absolute atomic E-state index is 12.5. The van der Waals surface area contributed by atoms with Gasteiger partial charge in [-0.1, -0.05) is 12.1 Å². The van der Waals surface area contributed by atoms with Crippen LogP contribution >= 0.6 is 0 Å². The first-order valence-corrected chi connectivity index (χ1v) is 7.38. The largest absolute Gasteiger partial charge is 0.338 e. The SMILES string of the molecule is O=C(Cc1cccc([N+](=O)[O-])c1)N1CCCC2CNCC21. The zero-order valence-corrected chi connectivity index (χ0v) is 11.8. The lowest BCUT2D eigenvalue weighted by atomic mass is 9.91. The summed E-state index contributed by atoms with van der Waals surface area (Å²) in [5.41, 5.74) is 0.752. The van der Waals surface area contributed by atoms with Gasteiger partial charge in [-0.15, -0.1) is 0 Å². The number of piperidine rings is 1. The van der Waals surface area contributed by atoms with E-state index in [1.807, 2.05) is 4.90 Å². The monoisotopic (exact) mass is 289 g/mol. The van der Waals surface area contributed by atoms with Crippen molar-refractivity contribution in [3.63, 3.8) is 0 Å². The number of hydrogen-bond donors (Lipinski definition) is 1. The first kappa shape index (κ1) is 14.0. The molecule has 6 nitrogen and oxygen atoms in total. The molecule has 0 aliphatic carbocycles. The second-order valence-electron chi connectivity index (χ2n) is 5.82. The van der Waals surface area contributed by atoms with E-state index in [2.05, 4.69) is 5.32 Å². The second kappa shape index (κ2) is 5.81. The van der Waals surface area contributed by atoms with E-state index in [1.165, 1.54) is 18.6 Å². The fourth-order valence-corrected chi connectivity index (χ4v) is 3.43. The minimum Gasteiger partial charge on any atom is -0.338 e. The van der Waals surface area contributed by atoms with Gasteiger partial charge < -0.3 is 10.2 Å². The molecule has 1 aromatic carbocycles. The van der Waals surface area contributed by atoms with Crippen molar-refractivity contribution in [1.82, 2.24) is 10.2 Å². The Hall–Kier alpha value is -1.95. The molecular formula is C15H19N3O3. The van der Waals surface area contributed by atoms with E-state index in [4.69, 9.17) is 0 Å². The summed E-state index contributed by atoms with van der Waals surface area (Å²) in [6, 6.07) is 6.65. The fraction of sp³-hybridized carbons (Fsp3) is 0.533. The molecule has 2 fully saturated rings. The zero-order valence-electron chi connectivity index (χ0n) is 11.8. The summed E-state index contributed by atoms with van der Waals surface area (Å²) >= 11 is 0. The van der Waals surface area contributed by atoms with Gasteiger partial charge in [0.1, 0.15) is 0 Å². The highest BCUT2D eigenvalue weighted by Crippen LogP contribution is 2.27. The molecule has 2 aliphatic rings. The third-order valence-electron chi connectivity index (χ3n) is 4.48. The molecule has 0 bridgehead atoms. The number of rotatable bonds is 3. The Kier molecular flexibility index (Phi) is 3.88. The minimum atomic E-state index is -0.425. The molecule has 0 saturated carbocycles. The van der Waals surface area contributed by atoms with Crippen LogP contribution in [-0.2, 0) is 11.2 Å². The molecule has 1 N–H and O–H groups in total. The topological polar surface area (TPSA) is 75.5 Å². The van der Waals surface area contributed by atoms with Crippen LogP contribution in [0.25, 0.3) is 0 Å². The van der Waals surface area contributed by atoms with Gasteiger partial charge in [0, 0.05) is 37.8 Å². The van der Waals surface area contributed by atoms with Gasteiger partial charge in [0.25, 0.3) is 5.69 Å². The number of nitrogens with zero attached hydrogens (tertiary/aromatic N) is 2. The number of likely N-dealkylation sites (tertiary alicyclic amines) is 1. The molecule has 1 aromatic rings. The molecule has 2 heterocycles. The molecule has 2 saturated heterocycles. The Morgan fingerprint density at radius 2 is 2.29 bits per heavy atom. The Morgan fingerprint density at radius 1 is 1.43 bits per heavy atom. The molecule has 2 unspecified atom stereocenters. The third kappa shape index (κ3) is 2.90. The van der Waals surface area contributed by atoms with E-state index < -0.39 is 4.92 Å². The minimum absolute atomic E-state index is 0.0411. The molecular weight excluding hydrogens is 270 g/mol. The van der Waals surface area contributed by atoms with Gasteiger partial charge in [0.05, 0.1) is 11.3 Å². The molecule has 0 spiro atoms. The number of carbonyl (C=O) groups is 1. The number of fused-ring (bicyclic) bond motifs is 1. The number of hydrogen-bond acceptors (Lipinski definition) is 4. The highest BCUT2D eigenvalue weighted by Gasteiger charge is 2.37. The summed E-state index contributed by atoms with van der Waals surface area (Å²) in [5, 5.41) is 14.1. The third-order valence-corrected chi connectivity index (χ3v) is 4.48. The molecule has 112 valence electrons. The van der Waals surface area contributed by atoms with Crippen LogP contribution < -0.4 is 5.32 Å². The first-order chi connectivity index (χ1) is 10.1. The summed E-state index contributed by atoms with van der Waals surface area (Å²) in [5.74, 6) is 0.640. The van der Waals surface area contributed by atoms with Crippen molar-refractivity contribution < 1.29 is 9.72 Å². The number of nitro groups is 1. The Bertz CT molecular complexity index is 561. The lowest BCUT2D eigenvalue weighted by molar-refractivity contribution is -0.384. The number of carbonyl (C=O) groups excluding carboxylic acids is 1. The van der Waals surface area contributed by atoms with E-state index in [9.17, 15) is 14.9 Å². The molecule has 0 aromatic heterocycles. The van der Waals surface area contributed by atoms with Crippen LogP contribution in [0.4, 0.5) is 5.69 Å². The Labute approximate surface area is 123 Å². The highest BCUT2D eigenvalue weighted by atomic mass is 16.6. The predicted octanol–water partition coefficient (Wildman–Crippen LogP) is 1.35. The summed E-state index contributed by atoms with van der Waals surface area (Å²) < 4.78 is 0. The summed E-state index contributed by atoms with van der Waals surface area (Å²) in [7, 11) is 0. The van der Waals surface area contributed by atoms with E-state index >= 15 is 0 Å². The van der Waals surface area contributed by atoms with Crippen molar-refractivity contribution in [3.05, 3.63) is 39.9 Å². The van der Waals surface area contributed by atoms with E-state index in [0.717, 1.165) is 26.1 Å². The standard InChI is InChI=1S/C15H19N3O3/c19-15(8-11-3-1-5-13(7-11)18(20)21)17-6-2-4-12-9-16-10-14(12)17/h1,3,5,7,12,14,16H,2,4,6,8-10H2. The smallest absolute Gasteiger partial charge is 0.269 e. The normalized spacial score (nSPS) is 24.7. The fourth-order valence-electron chi connectivity index (χ4n) is 3.43. The van der Waals surface area contributed by atoms with Crippen LogP contribution in [0.3, 0.4) is 0 Å². The van der Waals surface area contributed by atoms with Gasteiger partial charge in [-0.25, -0.2) is 0 Å². The number of benzene rings is 1. The van der Waals surface area contributed by atoms with Gasteiger partial charge in [0.2, 0.25) is 5.91 Å². The molecule has 3 rings (SSSR count). The summed E-state index contributed by atoms with van der Waals surface area (Å²) in [6.07, 6.45) is 2.46. The van der Waals surface area contributed by atoms with Gasteiger partial charge >= 0.3 is 0 Å². The number of amides is 1. The summed E-state index contributed by atoms with van der Waals surface area (Å²) in [6.45, 7) is 2.66. The number of non-ortho nitro benzene ring substituents is 1. The average molecular weight is 289 g/mol. The van der Waals surface area contributed by atoms with Gasteiger partial charge in [0.15, 0.2) is 0 Å². The van der Waals surface area contributed by atoms with Gasteiger partial charge in [-0.2, -0.15) is 0 Å². The van der Waals surface area contributed by atoms with Crippen LogP contribution in [0.2, 0.25) is 0 Å². The van der Waals surface area contributed by atoms with Gasteiger partial charge in [-0.05, 0) is 24.3 Å². The van der Waals surface area contributed by atoms with Gasteiger partial charge in [-0.3, -0.25) is 14.9 Å². The van der Waals surface area contributed by atoms with E-state index in [-0.39, 0.29) is 18.0 Å². The van der Waals surface area contributed by atoms with Crippen molar-refractivity contribution in [1.29, 1.82) is 0 Å². The van der Waals surface area contributed by atoms with E-state index in [0.29, 0.717) is 17.5 Å². The van der Waals surface area contributed by atoms with Crippen LogP contribution in [-0.4, -0.2) is 41.4 Å². The van der Waals surface area contributed by atoms with Crippen molar-refractivity contribution in [2.75, 3.05) is 19.6 Å². The Balaban J connectivity index is 1.71. The molecule has 21 heavy (non-hydrogen) atoms. The number of nitro benzene ring substituents is 1. The molecule has 2 atom stereocenters. The van der Waals surface area contributed by atoms with Crippen LogP contribution in [0, 0.1) is 16.0 Å². The highest BCUT2D eigenvalue weighted by molar-refractivity contribution is 5.79. The van der Waals surface area contributed by atoms with Crippen molar-refractivity contribution in [2.45, 2.75) is 25.3 Å². The average Bonchev–Trinajstić information content (AvgIpc) is 2.95. The second-order valence-corrected chi connectivity index (χ2v) is 5.82. The summed E-state index contributed by atoms with van der Waals surface area (Å²) in [4.78, 5) is 24.9. The molecule has 2 aliphatic heterocycles. The lowest BCUT2D eigenvalue weighted by Crippen LogP contribution is -2.48. The quantitative estimate of drug-likeness (QED) is 0.673. The number of nitrogens with one attached hydrogen (secondary N) is 1. The molecule has 6 heteroatoms. The van der Waals surface area contributed by atoms with Crippen LogP contribution in [0.5, 0.6) is 0 Å². The van der Waals surface area contributed by atoms with Crippen molar-refractivity contribution >= 4 is 11.6 Å². The first-order valence-electron chi connectivity index (χ1n) is 7.38. The predicted molar refractivity (Wildman–Crippen MR) is 77.9 cm³/mol. The van der Waals surface area contributed by atoms with E-state index in [1.54, 1.807) is 12.1 Å².